The standard InChI is InChI=1S/C24H19ClFN5O5/c25-16-3-1-15(2-4-16)14-31-22(29-23(34)30(24(31)35)12-10-21(32)33)28-17-5-7-18(8-6-17)36-19-9-11-27-20(26)13-19/h1-9,11,13H,10,12,14H2,(H,32,33)(H,28,29,34). The van der Waals surface area contributed by atoms with E-state index in [-0.39, 0.29) is 24.8 Å². The summed E-state index contributed by atoms with van der Waals surface area (Å²) in [6, 6.07) is 15.9. The first-order chi connectivity index (χ1) is 17.3. The number of aromatic nitrogens is 4. The zero-order chi connectivity index (χ0) is 25.7. The second-order valence-corrected chi connectivity index (χ2v) is 8.01. The van der Waals surface area contributed by atoms with Crippen molar-refractivity contribution in [3.05, 3.63) is 104 Å². The number of nitrogens with one attached hydrogen (secondary N) is 1. The molecule has 2 heterocycles. The van der Waals surface area contributed by atoms with Crippen molar-refractivity contribution in [1.29, 1.82) is 0 Å². The van der Waals surface area contributed by atoms with Crippen molar-refractivity contribution >= 4 is 29.2 Å². The van der Waals surface area contributed by atoms with Gasteiger partial charge in [0.25, 0.3) is 0 Å². The van der Waals surface area contributed by atoms with Gasteiger partial charge in [0, 0.05) is 29.5 Å². The summed E-state index contributed by atoms with van der Waals surface area (Å²) in [6.45, 7) is -0.268. The highest BCUT2D eigenvalue weighted by molar-refractivity contribution is 6.30. The van der Waals surface area contributed by atoms with Crippen LogP contribution in [0, 0.1) is 5.95 Å². The lowest BCUT2D eigenvalue weighted by atomic mass is 10.2. The molecular formula is C24H19ClFN5O5. The summed E-state index contributed by atoms with van der Waals surface area (Å²) >= 11 is 5.95. The Morgan fingerprint density at radius 3 is 2.42 bits per heavy atom. The Morgan fingerprint density at radius 1 is 1.03 bits per heavy atom. The normalized spacial score (nSPS) is 10.7. The van der Waals surface area contributed by atoms with Gasteiger partial charge in [-0.05, 0) is 48.0 Å². The third-order valence-corrected chi connectivity index (χ3v) is 5.25. The summed E-state index contributed by atoms with van der Waals surface area (Å²) in [5.74, 6) is -1.16. The molecule has 0 aliphatic heterocycles. The fourth-order valence-electron chi connectivity index (χ4n) is 3.26. The Morgan fingerprint density at radius 2 is 1.75 bits per heavy atom. The summed E-state index contributed by atoms with van der Waals surface area (Å²) < 4.78 is 20.9. The molecular weight excluding hydrogens is 493 g/mol. The molecule has 0 radical (unpaired) electrons. The monoisotopic (exact) mass is 511 g/mol. The number of benzene rings is 2. The van der Waals surface area contributed by atoms with Crippen LogP contribution in [0.3, 0.4) is 0 Å². The van der Waals surface area contributed by atoms with E-state index in [9.17, 15) is 18.8 Å². The molecule has 2 aromatic carbocycles. The van der Waals surface area contributed by atoms with Gasteiger partial charge >= 0.3 is 17.3 Å². The van der Waals surface area contributed by atoms with Crippen molar-refractivity contribution in [2.24, 2.45) is 0 Å². The number of nitrogens with zero attached hydrogens (tertiary/aromatic N) is 4. The molecule has 36 heavy (non-hydrogen) atoms. The minimum atomic E-state index is -1.15. The predicted molar refractivity (Wildman–Crippen MR) is 130 cm³/mol. The number of hydrogen-bond donors (Lipinski definition) is 2. The predicted octanol–water partition coefficient (Wildman–Crippen LogP) is 3.65. The molecule has 0 amide bonds. The van der Waals surface area contributed by atoms with Crippen LogP contribution in [-0.4, -0.2) is 30.2 Å². The highest BCUT2D eigenvalue weighted by Crippen LogP contribution is 2.24. The zero-order valence-electron chi connectivity index (χ0n) is 18.6. The van der Waals surface area contributed by atoms with Gasteiger partial charge in [-0.3, -0.25) is 9.36 Å². The molecule has 0 saturated carbocycles. The number of carboxylic acids is 1. The number of carbonyl (C=O) groups is 1. The number of halogens is 2. The van der Waals surface area contributed by atoms with Crippen LogP contribution in [0.4, 0.5) is 16.0 Å². The molecule has 0 aliphatic carbocycles. The van der Waals surface area contributed by atoms with Crippen molar-refractivity contribution < 1.29 is 19.0 Å². The van der Waals surface area contributed by atoms with Gasteiger partial charge in [0.1, 0.15) is 11.5 Å². The lowest BCUT2D eigenvalue weighted by Crippen LogP contribution is -2.43. The van der Waals surface area contributed by atoms with Gasteiger partial charge < -0.3 is 15.2 Å². The lowest BCUT2D eigenvalue weighted by Gasteiger charge is -2.16. The van der Waals surface area contributed by atoms with Gasteiger partial charge in [-0.2, -0.15) is 9.37 Å². The molecule has 2 N–H and O–H groups in total. The molecule has 4 rings (SSSR count). The van der Waals surface area contributed by atoms with Crippen molar-refractivity contribution in [1.82, 2.24) is 19.1 Å². The number of aliphatic carboxylic acids is 1. The number of anilines is 2. The molecule has 10 nitrogen and oxygen atoms in total. The summed E-state index contributed by atoms with van der Waals surface area (Å²) in [6.07, 6.45) is 0.873. The van der Waals surface area contributed by atoms with Crippen LogP contribution in [0.5, 0.6) is 11.5 Å². The second-order valence-electron chi connectivity index (χ2n) is 7.57. The molecule has 0 atom stereocenters. The fourth-order valence-corrected chi connectivity index (χ4v) is 3.38. The third-order valence-electron chi connectivity index (χ3n) is 5.00. The first-order valence-corrected chi connectivity index (χ1v) is 11.0. The van der Waals surface area contributed by atoms with Crippen LogP contribution in [0.15, 0.2) is 76.4 Å². The number of hydrogen-bond acceptors (Lipinski definition) is 7. The van der Waals surface area contributed by atoms with Crippen LogP contribution in [0.25, 0.3) is 0 Å². The SMILES string of the molecule is O=C(O)CCn1c(=O)nc(Nc2ccc(Oc3ccnc(F)c3)cc2)n(Cc2ccc(Cl)cc2)c1=O. The molecule has 0 bridgehead atoms. The molecule has 0 unspecified atom stereocenters. The molecule has 0 spiro atoms. The van der Waals surface area contributed by atoms with Gasteiger partial charge in [0.2, 0.25) is 11.9 Å². The smallest absolute Gasteiger partial charge is 0.354 e. The van der Waals surface area contributed by atoms with E-state index in [1.807, 2.05) is 0 Å². The minimum absolute atomic E-state index is 0.0311. The quantitative estimate of drug-likeness (QED) is 0.326. The van der Waals surface area contributed by atoms with Crippen LogP contribution in [0.1, 0.15) is 12.0 Å². The van der Waals surface area contributed by atoms with Crippen molar-refractivity contribution in [2.75, 3.05) is 5.32 Å². The fraction of sp³-hybridized carbons (Fsp3) is 0.125. The molecule has 184 valence electrons. The average Bonchev–Trinajstić information content (AvgIpc) is 2.83. The number of ether oxygens (including phenoxy) is 1. The average molecular weight is 512 g/mol. The minimum Gasteiger partial charge on any atom is -0.481 e. The topological polar surface area (TPSA) is 128 Å². The van der Waals surface area contributed by atoms with Gasteiger partial charge in [-0.25, -0.2) is 19.1 Å². The summed E-state index contributed by atoms with van der Waals surface area (Å²) in [7, 11) is 0. The molecule has 0 saturated heterocycles. The van der Waals surface area contributed by atoms with Gasteiger partial charge in [-0.15, -0.1) is 0 Å². The van der Waals surface area contributed by atoms with Crippen LogP contribution in [-0.2, 0) is 17.9 Å². The van der Waals surface area contributed by atoms with Gasteiger partial charge in [0.05, 0.1) is 13.0 Å². The summed E-state index contributed by atoms with van der Waals surface area (Å²) in [5, 5.41) is 12.4. The largest absolute Gasteiger partial charge is 0.481 e. The van der Waals surface area contributed by atoms with Crippen LogP contribution >= 0.6 is 11.6 Å². The van der Waals surface area contributed by atoms with E-state index in [0.717, 1.165) is 10.6 Å². The summed E-state index contributed by atoms with van der Waals surface area (Å²) in [5.41, 5.74) is -0.394. The van der Waals surface area contributed by atoms with E-state index >= 15 is 0 Å². The first kappa shape index (κ1) is 24.6. The molecule has 12 heteroatoms. The van der Waals surface area contributed by atoms with E-state index in [1.54, 1.807) is 48.5 Å². The van der Waals surface area contributed by atoms with Crippen molar-refractivity contribution in [3.8, 4) is 11.5 Å². The maximum absolute atomic E-state index is 13.3. The highest BCUT2D eigenvalue weighted by Gasteiger charge is 2.15. The van der Waals surface area contributed by atoms with E-state index in [1.165, 1.54) is 16.8 Å². The van der Waals surface area contributed by atoms with E-state index in [2.05, 4.69) is 15.3 Å². The van der Waals surface area contributed by atoms with Crippen molar-refractivity contribution in [3.63, 3.8) is 0 Å². The van der Waals surface area contributed by atoms with E-state index in [0.29, 0.717) is 22.0 Å². The Balaban J connectivity index is 1.64. The third kappa shape index (κ3) is 6.13. The molecule has 4 aromatic rings. The van der Waals surface area contributed by atoms with E-state index in [4.69, 9.17) is 21.4 Å². The number of pyridine rings is 1. The Labute approximate surface area is 208 Å². The Kier molecular flexibility index (Phi) is 7.40. The number of carboxylic acid groups (broad SMARTS) is 1. The van der Waals surface area contributed by atoms with Gasteiger partial charge in [0.15, 0.2) is 0 Å². The molecule has 2 aromatic heterocycles. The number of rotatable bonds is 9. The lowest BCUT2D eigenvalue weighted by molar-refractivity contribution is -0.137. The highest BCUT2D eigenvalue weighted by atomic mass is 35.5. The van der Waals surface area contributed by atoms with Crippen LogP contribution < -0.4 is 21.4 Å². The summed E-state index contributed by atoms with van der Waals surface area (Å²) in [4.78, 5) is 44.1. The molecule has 0 aliphatic rings. The zero-order valence-corrected chi connectivity index (χ0v) is 19.4. The van der Waals surface area contributed by atoms with E-state index < -0.39 is 29.7 Å². The maximum atomic E-state index is 13.3. The molecule has 0 fully saturated rings. The Bertz CT molecular complexity index is 1500. The van der Waals surface area contributed by atoms with Gasteiger partial charge in [-0.1, -0.05) is 23.7 Å². The first-order valence-electron chi connectivity index (χ1n) is 10.6. The Hall–Kier alpha value is -4.51. The maximum Gasteiger partial charge on any atom is 0.354 e. The van der Waals surface area contributed by atoms with Crippen molar-refractivity contribution in [2.45, 2.75) is 19.5 Å². The van der Waals surface area contributed by atoms with Crippen LogP contribution in [0.2, 0.25) is 5.02 Å². The second kappa shape index (κ2) is 10.8.